The number of terminal acetylenes is 1. The lowest BCUT2D eigenvalue weighted by Crippen LogP contribution is -2.39. The highest BCUT2D eigenvalue weighted by molar-refractivity contribution is 7.82. The highest BCUT2D eigenvalue weighted by Gasteiger charge is 2.39. The number of aliphatic imine (C=N–C) groups is 1. The number of methoxy groups -OCH3 is 2. The smallest absolute Gasteiger partial charge is 0.261 e. The standard InChI is InChI=1S/C49H45N5O7S/c1-5-49(2,62)15-14-46(55)52-33-17-29(27-60-44-23-38-36(21-42(44)58-3)47(56)53-34(25-50-38)19-31-10-6-8-12-40(31)53)16-30(18-33)28-61-45-24-39-37(22-43(45)59-4)48(57)54-35(26-51-39)20-32-11-7-9-13-41(32)54/h1,6-13,16-18,21-25,34-35,51,62H,14-15,19-20,26-28H2,2-4H3,(H,52,55)/t34-,35-,49?/m0/s1. The summed E-state index contributed by atoms with van der Waals surface area (Å²) in [5, 5.41) is 6.48. The van der Waals surface area contributed by atoms with Gasteiger partial charge >= 0.3 is 0 Å². The molecule has 0 spiro atoms. The summed E-state index contributed by atoms with van der Waals surface area (Å²) in [6, 6.07) is 28.2. The van der Waals surface area contributed by atoms with E-state index in [1.165, 1.54) is 7.11 Å². The van der Waals surface area contributed by atoms with Crippen LogP contribution in [0.2, 0.25) is 0 Å². The molecule has 2 N–H and O–H groups in total. The number of amides is 3. The van der Waals surface area contributed by atoms with E-state index in [2.05, 4.69) is 35.2 Å². The van der Waals surface area contributed by atoms with Crippen molar-refractivity contribution in [2.75, 3.05) is 41.2 Å². The van der Waals surface area contributed by atoms with Gasteiger partial charge in [0.2, 0.25) is 5.91 Å². The highest BCUT2D eigenvalue weighted by atomic mass is 32.1. The van der Waals surface area contributed by atoms with Crippen molar-refractivity contribution in [3.05, 3.63) is 124 Å². The molecule has 4 heterocycles. The summed E-state index contributed by atoms with van der Waals surface area (Å²) in [5.41, 5.74) is 8.07. The number of carbonyl (C=O) groups excluding carboxylic acids is 3. The number of hydrogen-bond donors (Lipinski definition) is 3. The molecule has 3 amide bonds. The number of nitrogens with one attached hydrogen (secondary N) is 2. The Morgan fingerprint density at radius 2 is 1.45 bits per heavy atom. The minimum Gasteiger partial charge on any atom is -0.493 e. The van der Waals surface area contributed by atoms with Crippen LogP contribution in [0.5, 0.6) is 23.0 Å². The van der Waals surface area contributed by atoms with Gasteiger partial charge in [-0.3, -0.25) is 24.3 Å². The van der Waals surface area contributed by atoms with Crippen molar-refractivity contribution < 1.29 is 33.3 Å². The van der Waals surface area contributed by atoms with Gasteiger partial charge in [0.1, 0.15) is 13.2 Å². The molecule has 4 aliphatic heterocycles. The second kappa shape index (κ2) is 16.5. The van der Waals surface area contributed by atoms with Gasteiger partial charge in [-0.2, -0.15) is 12.6 Å². The highest BCUT2D eigenvalue weighted by Crippen LogP contribution is 2.43. The molecule has 13 heteroatoms. The number of anilines is 4. The summed E-state index contributed by atoms with van der Waals surface area (Å²) in [7, 11) is 3.07. The molecular formula is C49H45N5O7S. The van der Waals surface area contributed by atoms with E-state index in [-0.39, 0.29) is 49.4 Å². The summed E-state index contributed by atoms with van der Waals surface area (Å²) in [6.45, 7) is 2.53. The van der Waals surface area contributed by atoms with Crippen LogP contribution in [0.4, 0.5) is 28.4 Å². The van der Waals surface area contributed by atoms with Crippen molar-refractivity contribution in [3.63, 3.8) is 0 Å². The fraction of sp³-hybridized carbons (Fsp3) is 0.265. The molecule has 62 heavy (non-hydrogen) atoms. The minimum atomic E-state index is -0.735. The van der Waals surface area contributed by atoms with E-state index in [0.29, 0.717) is 70.6 Å². The first-order valence-corrected chi connectivity index (χ1v) is 20.9. The summed E-state index contributed by atoms with van der Waals surface area (Å²) in [4.78, 5) is 49.6. The molecule has 9 rings (SSSR count). The van der Waals surface area contributed by atoms with Gasteiger partial charge < -0.3 is 34.5 Å². The predicted octanol–water partition coefficient (Wildman–Crippen LogP) is 8.19. The molecule has 0 bridgehead atoms. The second-order valence-electron chi connectivity index (χ2n) is 16.0. The average Bonchev–Trinajstić information content (AvgIpc) is 3.77. The number of hydrogen-bond acceptors (Lipinski definition) is 10. The van der Waals surface area contributed by atoms with Crippen molar-refractivity contribution in [2.45, 2.75) is 62.7 Å². The molecule has 1 unspecified atom stereocenters. The number of para-hydroxylation sites is 2. The first-order chi connectivity index (χ1) is 30.0. The normalized spacial score (nSPS) is 17.7. The van der Waals surface area contributed by atoms with Crippen molar-refractivity contribution >= 4 is 65.0 Å². The van der Waals surface area contributed by atoms with Crippen LogP contribution >= 0.6 is 12.6 Å². The lowest BCUT2D eigenvalue weighted by Gasteiger charge is -2.22. The molecule has 0 aromatic heterocycles. The van der Waals surface area contributed by atoms with E-state index < -0.39 is 4.75 Å². The third kappa shape index (κ3) is 7.78. The van der Waals surface area contributed by atoms with Gasteiger partial charge in [0.05, 0.1) is 53.6 Å². The van der Waals surface area contributed by atoms with Crippen LogP contribution < -0.4 is 39.4 Å². The van der Waals surface area contributed by atoms with E-state index in [0.717, 1.165) is 40.0 Å². The zero-order valence-electron chi connectivity index (χ0n) is 34.6. The number of ether oxygens (including phenoxy) is 4. The summed E-state index contributed by atoms with van der Waals surface area (Å²) in [5.74, 6) is 3.74. The van der Waals surface area contributed by atoms with Gasteiger partial charge in [0.15, 0.2) is 23.0 Å². The third-order valence-corrected chi connectivity index (χ3v) is 12.1. The Morgan fingerprint density at radius 1 is 0.839 bits per heavy atom. The van der Waals surface area contributed by atoms with E-state index in [4.69, 9.17) is 30.4 Å². The number of rotatable bonds is 12. The summed E-state index contributed by atoms with van der Waals surface area (Å²) >= 11 is 4.49. The molecule has 4 aliphatic rings. The third-order valence-electron chi connectivity index (χ3n) is 11.8. The lowest BCUT2D eigenvalue weighted by atomic mass is 10.1. The van der Waals surface area contributed by atoms with Gasteiger partial charge in [-0.05, 0) is 84.5 Å². The predicted molar refractivity (Wildman–Crippen MR) is 243 cm³/mol. The molecule has 0 saturated heterocycles. The van der Waals surface area contributed by atoms with Crippen molar-refractivity contribution in [1.82, 2.24) is 0 Å². The first kappa shape index (κ1) is 40.5. The fourth-order valence-corrected chi connectivity index (χ4v) is 8.69. The number of benzene rings is 5. The Balaban J connectivity index is 0.971. The van der Waals surface area contributed by atoms with Crippen LogP contribution in [0.15, 0.2) is 96.0 Å². The van der Waals surface area contributed by atoms with E-state index in [9.17, 15) is 14.4 Å². The quantitative estimate of drug-likeness (QED) is 0.0847. The minimum absolute atomic E-state index is 0.0220. The number of thiol groups is 1. The Morgan fingerprint density at radius 3 is 2.13 bits per heavy atom. The molecule has 0 radical (unpaired) electrons. The number of carbonyl (C=O) groups is 3. The first-order valence-electron chi connectivity index (χ1n) is 20.5. The monoisotopic (exact) mass is 847 g/mol. The van der Waals surface area contributed by atoms with Gasteiger partial charge in [-0.15, -0.1) is 6.42 Å². The van der Waals surface area contributed by atoms with Crippen LogP contribution in [-0.2, 0) is 30.8 Å². The maximum absolute atomic E-state index is 14.0. The Hall–Kier alpha value is -6.91. The van der Waals surface area contributed by atoms with Crippen molar-refractivity contribution in [1.29, 1.82) is 0 Å². The lowest BCUT2D eigenvalue weighted by molar-refractivity contribution is -0.116. The Bertz CT molecular complexity index is 2710. The SMILES string of the molecule is C#CC(C)(S)CCC(=O)Nc1cc(COc2cc3c(cc2OC)C(=O)N2c4ccccc4C[C@H]2C=N3)cc(COc2cc3c(cc2OC)C(=O)N2c4ccccc4C[C@H]2CN3)c1. The molecule has 5 aromatic rings. The zero-order valence-corrected chi connectivity index (χ0v) is 35.5. The molecule has 0 fully saturated rings. The Labute approximate surface area is 365 Å². The van der Waals surface area contributed by atoms with E-state index >= 15 is 0 Å². The Kier molecular flexibility index (Phi) is 10.8. The number of fused-ring (bicyclic) bond motifs is 8. The summed E-state index contributed by atoms with van der Waals surface area (Å²) in [6.07, 6.45) is 9.42. The molecular weight excluding hydrogens is 803 g/mol. The van der Waals surface area contributed by atoms with Crippen LogP contribution in [0.3, 0.4) is 0 Å². The zero-order chi connectivity index (χ0) is 43.1. The van der Waals surface area contributed by atoms with Crippen LogP contribution in [0.25, 0.3) is 0 Å². The van der Waals surface area contributed by atoms with E-state index in [1.807, 2.05) is 71.8 Å². The van der Waals surface area contributed by atoms with Gasteiger partial charge in [0, 0.05) is 54.8 Å². The van der Waals surface area contributed by atoms with Gasteiger partial charge in [0.25, 0.3) is 11.8 Å². The van der Waals surface area contributed by atoms with Crippen LogP contribution in [0.1, 0.15) is 62.7 Å². The largest absolute Gasteiger partial charge is 0.493 e. The van der Waals surface area contributed by atoms with Gasteiger partial charge in [-0.1, -0.05) is 42.3 Å². The van der Waals surface area contributed by atoms with Crippen LogP contribution in [-0.4, -0.2) is 61.5 Å². The maximum atomic E-state index is 14.0. The van der Waals surface area contributed by atoms with E-state index in [1.54, 1.807) is 43.2 Å². The van der Waals surface area contributed by atoms with Crippen molar-refractivity contribution in [3.8, 4) is 35.3 Å². The molecule has 0 saturated carbocycles. The second-order valence-corrected chi connectivity index (χ2v) is 17.0. The van der Waals surface area contributed by atoms with Gasteiger partial charge in [-0.25, -0.2) is 0 Å². The average molecular weight is 848 g/mol. The molecule has 5 aromatic carbocycles. The topological polar surface area (TPSA) is 131 Å². The maximum Gasteiger partial charge on any atom is 0.261 e. The molecule has 0 aliphatic carbocycles. The van der Waals surface area contributed by atoms with Crippen molar-refractivity contribution in [2.24, 2.45) is 4.99 Å². The molecule has 3 atom stereocenters. The number of nitrogens with zero attached hydrogens (tertiary/aromatic N) is 3. The van der Waals surface area contributed by atoms with Crippen LogP contribution in [0, 0.1) is 12.3 Å². The molecule has 12 nitrogen and oxygen atoms in total. The molecule has 314 valence electrons. The fourth-order valence-electron chi connectivity index (χ4n) is 8.58. The summed E-state index contributed by atoms with van der Waals surface area (Å²) < 4.78 is 23.6.